The fourth-order valence-corrected chi connectivity index (χ4v) is 2.16. The molecule has 0 fully saturated rings. The van der Waals surface area contributed by atoms with Gasteiger partial charge < -0.3 is 0 Å². The van der Waals surface area contributed by atoms with Crippen LogP contribution in [0.3, 0.4) is 0 Å². The minimum atomic E-state index is 0.232. The van der Waals surface area contributed by atoms with Crippen LogP contribution in [0.1, 0.15) is 55.3 Å². The molecule has 0 heteroatoms. The second kappa shape index (κ2) is 5.38. The zero-order chi connectivity index (χ0) is 11.9. The van der Waals surface area contributed by atoms with Crippen molar-refractivity contribution in [2.24, 2.45) is 10.8 Å². The van der Waals surface area contributed by atoms with E-state index in [1.807, 2.05) is 6.08 Å². The smallest absolute Gasteiger partial charge is 0.0534 e. The van der Waals surface area contributed by atoms with E-state index in [1.165, 1.54) is 6.55 Å². The molecule has 0 bridgehead atoms. The second-order valence-corrected chi connectivity index (χ2v) is 4.63. The lowest BCUT2D eigenvalue weighted by atomic mass is 9.61. The number of rotatable bonds is 6. The van der Waals surface area contributed by atoms with Crippen molar-refractivity contribution in [3.8, 4) is 0 Å². The van der Waals surface area contributed by atoms with Gasteiger partial charge >= 0.3 is 0 Å². The maximum atomic E-state index is 7.12. The summed E-state index contributed by atoms with van der Waals surface area (Å²) in [6.45, 7) is 12.7. The molecule has 0 N–H and O–H groups in total. The first-order chi connectivity index (χ1) is 6.99. The van der Waals surface area contributed by atoms with Crippen LogP contribution in [0.25, 0.3) is 0 Å². The Kier molecular flexibility index (Phi) is 4.44. The van der Waals surface area contributed by atoms with E-state index in [1.54, 1.807) is 0 Å². The van der Waals surface area contributed by atoms with Crippen molar-refractivity contribution in [1.29, 1.82) is 0 Å². The van der Waals surface area contributed by atoms with E-state index in [-0.39, 0.29) is 10.8 Å². The quantitative estimate of drug-likeness (QED) is 0.525. The van der Waals surface area contributed by atoms with Crippen LogP contribution in [0.2, 0.25) is 0 Å². The molecule has 0 aromatic rings. The van der Waals surface area contributed by atoms with Crippen molar-refractivity contribution in [3.63, 3.8) is 0 Å². The molecular formula is C14H26. The first-order valence-electron chi connectivity index (χ1n) is 6.24. The van der Waals surface area contributed by atoms with Crippen LogP contribution in [0, 0.1) is 10.8 Å². The zero-order valence-electron chi connectivity index (χ0n) is 11.4. The molecule has 0 heterocycles. The molecule has 0 nitrogen and oxygen atoms in total. The van der Waals surface area contributed by atoms with Crippen molar-refractivity contribution >= 4 is 0 Å². The maximum Gasteiger partial charge on any atom is 0.0534 e. The normalized spacial score (nSPS) is 22.2. The van der Waals surface area contributed by atoms with Gasteiger partial charge in [-0.25, -0.2) is 0 Å². The van der Waals surface area contributed by atoms with Gasteiger partial charge in [0.15, 0.2) is 0 Å². The molecule has 0 saturated carbocycles. The minimum absolute atomic E-state index is 0.232. The van der Waals surface area contributed by atoms with Gasteiger partial charge in [-0.3, -0.25) is 0 Å². The van der Waals surface area contributed by atoms with Crippen LogP contribution in [0.15, 0.2) is 24.8 Å². The third kappa shape index (κ3) is 2.50. The van der Waals surface area contributed by atoms with Gasteiger partial charge in [0, 0.05) is 0 Å². The third-order valence-electron chi connectivity index (χ3n) is 4.00. The Morgan fingerprint density at radius 1 is 1.29 bits per heavy atom. The summed E-state index contributed by atoms with van der Waals surface area (Å²) in [5.74, 6) is 0. The average molecular weight is 195 g/mol. The second-order valence-electron chi connectivity index (χ2n) is 4.63. The molecule has 0 radical (unpaired) electrons. The average Bonchev–Trinajstić information content (AvgIpc) is 2.25. The van der Waals surface area contributed by atoms with E-state index >= 15 is 0 Å². The topological polar surface area (TPSA) is 0 Å². The van der Waals surface area contributed by atoms with Gasteiger partial charge in [0.1, 0.15) is 0 Å². The van der Waals surface area contributed by atoms with E-state index in [9.17, 15) is 0 Å². The summed E-state index contributed by atoms with van der Waals surface area (Å²) in [4.78, 5) is 0. The summed E-state index contributed by atoms with van der Waals surface area (Å²) in [6.07, 6.45) is 9.73. The van der Waals surface area contributed by atoms with Gasteiger partial charge in [0.2, 0.25) is 0 Å². The highest BCUT2D eigenvalue weighted by Crippen LogP contribution is 2.48. The third-order valence-corrected chi connectivity index (χ3v) is 4.00. The van der Waals surface area contributed by atoms with Gasteiger partial charge in [-0.05, 0) is 37.0 Å². The Morgan fingerprint density at radius 3 is 2.29 bits per heavy atom. The molecule has 14 heavy (non-hydrogen) atoms. The van der Waals surface area contributed by atoms with E-state index in [0.29, 0.717) is 0 Å². The molecule has 0 saturated heterocycles. The van der Waals surface area contributed by atoms with Gasteiger partial charge in [-0.1, -0.05) is 45.9 Å². The van der Waals surface area contributed by atoms with Gasteiger partial charge in [-0.2, -0.15) is 0 Å². The van der Waals surface area contributed by atoms with Crippen LogP contribution < -0.4 is 0 Å². The van der Waals surface area contributed by atoms with Crippen molar-refractivity contribution in [2.75, 3.05) is 0 Å². The Balaban J connectivity index is 5.02. The SMILES string of the molecule is [2H]/C=C/CC(C)(CC)C(C)(C=CC)CC. The van der Waals surface area contributed by atoms with Crippen molar-refractivity contribution < 1.29 is 1.37 Å². The van der Waals surface area contributed by atoms with Gasteiger partial charge in [0.25, 0.3) is 0 Å². The number of hydrogen-bond acceptors (Lipinski definition) is 0. The van der Waals surface area contributed by atoms with E-state index in [2.05, 4.69) is 46.8 Å². The maximum absolute atomic E-state index is 7.12. The molecule has 0 amide bonds. The summed E-state index contributed by atoms with van der Waals surface area (Å²) in [6, 6.07) is 0. The Morgan fingerprint density at radius 2 is 1.93 bits per heavy atom. The van der Waals surface area contributed by atoms with E-state index < -0.39 is 0 Å². The summed E-state index contributed by atoms with van der Waals surface area (Å²) in [7, 11) is 0. The number of allylic oxidation sites excluding steroid dienone is 3. The van der Waals surface area contributed by atoms with Gasteiger partial charge in [-0.15, -0.1) is 6.55 Å². The van der Waals surface area contributed by atoms with Crippen molar-refractivity contribution in [3.05, 3.63) is 24.8 Å². The highest BCUT2D eigenvalue weighted by molar-refractivity contribution is 5.06. The molecule has 0 aliphatic heterocycles. The fourth-order valence-electron chi connectivity index (χ4n) is 2.16. The molecular weight excluding hydrogens is 168 g/mol. The summed E-state index contributed by atoms with van der Waals surface area (Å²) < 4.78 is 7.12. The van der Waals surface area contributed by atoms with Crippen LogP contribution in [-0.2, 0) is 0 Å². The monoisotopic (exact) mass is 195 g/mol. The van der Waals surface area contributed by atoms with Crippen LogP contribution in [0.4, 0.5) is 0 Å². The minimum Gasteiger partial charge on any atom is -0.103 e. The Bertz CT molecular complexity index is 229. The fraction of sp³-hybridized carbons (Fsp3) is 0.714. The van der Waals surface area contributed by atoms with Crippen LogP contribution in [0.5, 0.6) is 0 Å². The Hall–Kier alpha value is -0.520. The highest BCUT2D eigenvalue weighted by atomic mass is 14.4. The summed E-state index contributed by atoms with van der Waals surface area (Å²) in [5, 5.41) is 0. The lowest BCUT2D eigenvalue weighted by Gasteiger charge is -2.44. The summed E-state index contributed by atoms with van der Waals surface area (Å²) in [5.41, 5.74) is 0.488. The lowest BCUT2D eigenvalue weighted by Crippen LogP contribution is -2.34. The number of hydrogen-bond donors (Lipinski definition) is 0. The van der Waals surface area contributed by atoms with Crippen LogP contribution in [-0.4, -0.2) is 0 Å². The molecule has 0 aromatic carbocycles. The van der Waals surface area contributed by atoms with Crippen LogP contribution >= 0.6 is 0 Å². The highest BCUT2D eigenvalue weighted by Gasteiger charge is 2.38. The largest absolute Gasteiger partial charge is 0.103 e. The molecule has 82 valence electrons. The molecule has 0 aliphatic carbocycles. The standard InChI is InChI=1S/C14H26/c1-7-11-13(5,9-3)14(6,10-4)12-8-2/h7-8,12H,1,9-11H2,2-6H3/i1D/b7-1+,12-8?. The molecule has 2 atom stereocenters. The predicted molar refractivity (Wildman–Crippen MR) is 66.4 cm³/mol. The zero-order valence-corrected chi connectivity index (χ0v) is 10.4. The first-order valence-corrected chi connectivity index (χ1v) is 5.67. The van der Waals surface area contributed by atoms with E-state index in [0.717, 1.165) is 19.3 Å². The van der Waals surface area contributed by atoms with Crippen molar-refractivity contribution in [2.45, 2.75) is 53.9 Å². The molecule has 0 rings (SSSR count). The predicted octanol–water partition coefficient (Wildman–Crippen LogP) is 4.97. The van der Waals surface area contributed by atoms with Gasteiger partial charge in [0.05, 0.1) is 1.37 Å². The van der Waals surface area contributed by atoms with Crippen molar-refractivity contribution in [1.82, 2.24) is 0 Å². The van der Waals surface area contributed by atoms with E-state index in [4.69, 9.17) is 1.37 Å². The molecule has 0 aromatic heterocycles. The lowest BCUT2D eigenvalue weighted by molar-refractivity contribution is 0.112. The molecule has 2 unspecified atom stereocenters. The first kappa shape index (κ1) is 11.6. The molecule has 0 spiro atoms. The Labute approximate surface area is 91.5 Å². The summed E-state index contributed by atoms with van der Waals surface area (Å²) >= 11 is 0. The molecule has 0 aliphatic rings.